The fourth-order valence-corrected chi connectivity index (χ4v) is 6.01. The van der Waals surface area contributed by atoms with Crippen LogP contribution >= 0.6 is 0 Å². The van der Waals surface area contributed by atoms with Gasteiger partial charge in [0.15, 0.2) is 17.6 Å². The Morgan fingerprint density at radius 1 is 1.18 bits per heavy atom. The summed E-state index contributed by atoms with van der Waals surface area (Å²) in [5.41, 5.74) is -0.811. The fourth-order valence-electron chi connectivity index (χ4n) is 6.01. The number of carbonyl (C=O) groups is 2. The van der Waals surface area contributed by atoms with Crippen molar-refractivity contribution in [1.29, 1.82) is 0 Å². The summed E-state index contributed by atoms with van der Waals surface area (Å²) in [7, 11) is 0. The highest BCUT2D eigenvalue weighted by Gasteiger charge is 2.61. The van der Waals surface area contributed by atoms with Crippen LogP contribution in [-0.4, -0.2) is 35.5 Å². The molecule has 2 unspecified atom stereocenters. The third kappa shape index (κ3) is 2.92. The highest BCUT2D eigenvalue weighted by atomic mass is 16.7. The number of aliphatic hydroxyl groups is 1. The molecule has 5 atom stereocenters. The molecule has 4 aliphatic carbocycles. The minimum absolute atomic E-state index is 0.164. The summed E-state index contributed by atoms with van der Waals surface area (Å²) < 4.78 is 16.2. The van der Waals surface area contributed by atoms with Gasteiger partial charge < -0.3 is 24.6 Å². The van der Waals surface area contributed by atoms with Crippen molar-refractivity contribution in [3.8, 4) is 11.5 Å². The number of amides is 1. The number of ether oxygens (including phenoxy) is 3. The molecule has 1 aromatic carbocycles. The van der Waals surface area contributed by atoms with Gasteiger partial charge in [0.1, 0.15) is 0 Å². The van der Waals surface area contributed by atoms with Crippen molar-refractivity contribution >= 4 is 17.6 Å². The van der Waals surface area contributed by atoms with E-state index in [0.717, 1.165) is 32.1 Å². The largest absolute Gasteiger partial charge is 0.454 e. The van der Waals surface area contributed by atoms with Crippen molar-refractivity contribution in [1.82, 2.24) is 0 Å². The van der Waals surface area contributed by atoms with E-state index < -0.39 is 23.0 Å². The highest BCUT2D eigenvalue weighted by Crippen LogP contribution is 2.62. The maximum Gasteiger partial charge on any atom is 0.312 e. The van der Waals surface area contributed by atoms with Crippen LogP contribution in [0.5, 0.6) is 11.5 Å². The van der Waals surface area contributed by atoms with E-state index >= 15 is 0 Å². The van der Waals surface area contributed by atoms with Crippen LogP contribution in [0.2, 0.25) is 0 Å². The molecule has 150 valence electrons. The maximum atomic E-state index is 13.0. The van der Waals surface area contributed by atoms with Crippen molar-refractivity contribution in [2.45, 2.75) is 57.2 Å². The lowest BCUT2D eigenvalue weighted by Gasteiger charge is -2.58. The smallest absolute Gasteiger partial charge is 0.312 e. The standard InChI is InChI=1S/C21H25NO6/c1-12(18(23)22-15-2-3-16-17(5-15)27-11-26-16)28-19(24)20-6-13-4-14(7-20)9-21(25,8-13)10-20/h2-3,5,12-14,25H,4,6-11H2,1H3,(H,22,23)/t12-,13-,14+,20?,21?/m0/s1. The molecule has 28 heavy (non-hydrogen) atoms. The number of benzene rings is 1. The van der Waals surface area contributed by atoms with Gasteiger partial charge >= 0.3 is 5.97 Å². The van der Waals surface area contributed by atoms with Crippen molar-refractivity contribution in [3.63, 3.8) is 0 Å². The third-order valence-corrected chi connectivity index (χ3v) is 6.76. The van der Waals surface area contributed by atoms with Gasteiger partial charge in [-0.15, -0.1) is 0 Å². The molecule has 1 amide bonds. The lowest BCUT2D eigenvalue weighted by atomic mass is 9.48. The quantitative estimate of drug-likeness (QED) is 0.772. The Morgan fingerprint density at radius 3 is 2.61 bits per heavy atom. The van der Waals surface area contributed by atoms with Crippen LogP contribution in [0.25, 0.3) is 0 Å². The Morgan fingerprint density at radius 2 is 1.89 bits per heavy atom. The maximum absolute atomic E-state index is 13.0. The predicted octanol–water partition coefficient (Wildman–Crippen LogP) is 2.62. The van der Waals surface area contributed by atoms with E-state index in [1.807, 2.05) is 0 Å². The molecule has 7 heteroatoms. The molecular formula is C21H25NO6. The summed E-state index contributed by atoms with van der Waals surface area (Å²) in [5, 5.41) is 13.6. The number of rotatable bonds is 4. The molecular weight excluding hydrogens is 362 g/mol. The number of carbonyl (C=O) groups excluding carboxylic acids is 2. The van der Waals surface area contributed by atoms with Gasteiger partial charge in [0.25, 0.3) is 5.91 Å². The lowest BCUT2D eigenvalue weighted by Crippen LogP contribution is -2.59. The molecule has 7 nitrogen and oxygen atoms in total. The average molecular weight is 387 g/mol. The Kier molecular flexibility index (Phi) is 3.88. The van der Waals surface area contributed by atoms with Crippen LogP contribution < -0.4 is 14.8 Å². The molecule has 5 aliphatic rings. The molecule has 0 saturated heterocycles. The van der Waals surface area contributed by atoms with E-state index in [4.69, 9.17) is 14.2 Å². The topological polar surface area (TPSA) is 94.1 Å². The molecule has 1 aromatic rings. The second kappa shape index (κ2) is 6.11. The molecule has 0 spiro atoms. The van der Waals surface area contributed by atoms with Crippen LogP contribution in [-0.2, 0) is 14.3 Å². The molecule has 2 N–H and O–H groups in total. The zero-order valence-electron chi connectivity index (χ0n) is 15.9. The summed E-state index contributed by atoms with van der Waals surface area (Å²) >= 11 is 0. The zero-order chi connectivity index (χ0) is 19.5. The van der Waals surface area contributed by atoms with Crippen LogP contribution in [0.3, 0.4) is 0 Å². The van der Waals surface area contributed by atoms with Crippen molar-refractivity contribution in [2.24, 2.45) is 17.3 Å². The minimum atomic E-state index is -0.916. The van der Waals surface area contributed by atoms with Gasteiger partial charge in [0, 0.05) is 11.8 Å². The van der Waals surface area contributed by atoms with Crippen molar-refractivity contribution < 1.29 is 28.9 Å². The fraction of sp³-hybridized carbons (Fsp3) is 0.619. The normalized spacial score (nSPS) is 35.5. The molecule has 0 aromatic heterocycles. The van der Waals surface area contributed by atoms with Gasteiger partial charge in [-0.3, -0.25) is 9.59 Å². The molecule has 0 radical (unpaired) electrons. The van der Waals surface area contributed by atoms with Gasteiger partial charge in [-0.25, -0.2) is 0 Å². The van der Waals surface area contributed by atoms with Crippen molar-refractivity contribution in [2.75, 3.05) is 12.1 Å². The van der Waals surface area contributed by atoms with Crippen LogP contribution in [0.4, 0.5) is 5.69 Å². The van der Waals surface area contributed by atoms with E-state index in [9.17, 15) is 14.7 Å². The van der Waals surface area contributed by atoms with Crippen LogP contribution in [0.15, 0.2) is 18.2 Å². The first-order valence-corrected chi connectivity index (χ1v) is 9.98. The minimum Gasteiger partial charge on any atom is -0.454 e. The van der Waals surface area contributed by atoms with E-state index in [1.165, 1.54) is 0 Å². The average Bonchev–Trinajstić information content (AvgIpc) is 3.07. The van der Waals surface area contributed by atoms with Crippen LogP contribution in [0, 0.1) is 17.3 Å². The monoisotopic (exact) mass is 387 g/mol. The van der Waals surface area contributed by atoms with Crippen LogP contribution in [0.1, 0.15) is 45.4 Å². The number of anilines is 1. The second-order valence-electron chi connectivity index (χ2n) is 9.07. The van der Waals surface area contributed by atoms with Gasteiger partial charge in [-0.1, -0.05) is 0 Å². The van der Waals surface area contributed by atoms with E-state index in [1.54, 1.807) is 25.1 Å². The highest BCUT2D eigenvalue weighted by molar-refractivity contribution is 5.95. The predicted molar refractivity (Wildman–Crippen MR) is 98.8 cm³/mol. The Hall–Kier alpha value is -2.28. The SMILES string of the molecule is C[C@H](OC(=O)C12C[C@@H]3C[C@@H](CC(O)(C3)C1)C2)C(=O)Nc1ccc2c(c1)OCO2. The molecule has 4 fully saturated rings. The van der Waals surface area contributed by atoms with Gasteiger partial charge in [0.05, 0.1) is 11.0 Å². The zero-order valence-corrected chi connectivity index (χ0v) is 15.9. The van der Waals surface area contributed by atoms with Gasteiger partial charge in [-0.2, -0.15) is 0 Å². The van der Waals surface area contributed by atoms with E-state index in [2.05, 4.69) is 5.32 Å². The number of esters is 1. The van der Waals surface area contributed by atoms with E-state index in [0.29, 0.717) is 35.4 Å². The lowest BCUT2D eigenvalue weighted by molar-refractivity contribution is -0.199. The molecule has 4 bridgehead atoms. The molecule has 4 saturated carbocycles. The first kappa shape index (κ1) is 17.8. The number of fused-ring (bicyclic) bond motifs is 1. The van der Waals surface area contributed by atoms with Crippen molar-refractivity contribution in [3.05, 3.63) is 18.2 Å². The Balaban J connectivity index is 1.24. The van der Waals surface area contributed by atoms with Gasteiger partial charge in [0.2, 0.25) is 6.79 Å². The summed E-state index contributed by atoms with van der Waals surface area (Å²) in [4.78, 5) is 25.5. The summed E-state index contributed by atoms with van der Waals surface area (Å²) in [5.74, 6) is 1.25. The first-order chi connectivity index (χ1) is 13.3. The molecule has 6 rings (SSSR count). The Bertz CT molecular complexity index is 822. The van der Waals surface area contributed by atoms with E-state index in [-0.39, 0.29) is 12.8 Å². The first-order valence-electron chi connectivity index (χ1n) is 9.98. The second-order valence-corrected chi connectivity index (χ2v) is 9.07. The summed E-state index contributed by atoms with van der Waals surface area (Å²) in [6.07, 6.45) is 3.75. The third-order valence-electron chi connectivity index (χ3n) is 6.76. The molecule has 1 aliphatic heterocycles. The Labute approximate surface area is 163 Å². The number of hydrogen-bond donors (Lipinski definition) is 2. The number of hydrogen-bond acceptors (Lipinski definition) is 6. The number of nitrogens with one attached hydrogen (secondary N) is 1. The summed E-state index contributed by atoms with van der Waals surface area (Å²) in [6, 6.07) is 5.13. The van der Waals surface area contributed by atoms with Gasteiger partial charge in [-0.05, 0) is 69.4 Å². The molecule has 1 heterocycles. The summed E-state index contributed by atoms with van der Waals surface area (Å²) in [6.45, 7) is 1.74.